The van der Waals surface area contributed by atoms with Gasteiger partial charge in [0.25, 0.3) is 11.7 Å². The Balaban J connectivity index is 1.44. The topological polar surface area (TPSA) is 93.4 Å². The summed E-state index contributed by atoms with van der Waals surface area (Å²) in [6, 6.07) is 10.1. The van der Waals surface area contributed by atoms with Crippen LogP contribution in [0.1, 0.15) is 24.2 Å². The molecule has 1 saturated heterocycles. The van der Waals surface area contributed by atoms with Crippen LogP contribution in [0.2, 0.25) is 0 Å². The Morgan fingerprint density at radius 1 is 1.24 bits per heavy atom. The molecule has 1 aliphatic rings. The number of nitrogens with zero attached hydrogens (tertiary/aromatic N) is 4. The molecule has 4 rings (SSSR count). The van der Waals surface area contributed by atoms with Crippen molar-refractivity contribution in [2.24, 2.45) is 0 Å². The third kappa shape index (κ3) is 4.29. The van der Waals surface area contributed by atoms with E-state index in [1.807, 2.05) is 6.07 Å². The van der Waals surface area contributed by atoms with Gasteiger partial charge in [0.1, 0.15) is 11.9 Å². The molecule has 1 amide bonds. The Kier molecular flexibility index (Phi) is 5.05. The zero-order valence-electron chi connectivity index (χ0n) is 15.1. The predicted molar refractivity (Wildman–Crippen MR) is 97.2 cm³/mol. The summed E-state index contributed by atoms with van der Waals surface area (Å²) >= 11 is 0. The highest BCUT2D eigenvalue weighted by atomic mass is 19.4. The van der Waals surface area contributed by atoms with Gasteiger partial charge in [0.05, 0.1) is 0 Å². The Hall–Kier alpha value is -3.21. The van der Waals surface area contributed by atoms with Crippen LogP contribution < -0.4 is 10.6 Å². The number of benzene rings is 1. The van der Waals surface area contributed by atoms with E-state index in [0.29, 0.717) is 29.8 Å². The van der Waals surface area contributed by atoms with Gasteiger partial charge in [0, 0.05) is 18.8 Å². The molecule has 0 aliphatic carbocycles. The maximum Gasteiger partial charge on any atom is 0.453 e. The molecule has 1 unspecified atom stereocenters. The van der Waals surface area contributed by atoms with Crippen molar-refractivity contribution >= 4 is 23.1 Å². The quantitative estimate of drug-likeness (QED) is 0.677. The molecule has 29 heavy (non-hydrogen) atoms. The first-order valence-corrected chi connectivity index (χ1v) is 8.95. The highest BCUT2D eigenvalue weighted by molar-refractivity contribution is 5.94. The smallest absolute Gasteiger partial charge is 0.368 e. The summed E-state index contributed by atoms with van der Waals surface area (Å²) in [5.41, 5.74) is 1.44. The maximum absolute atomic E-state index is 13.0. The number of aromatic nitrogens is 4. The summed E-state index contributed by atoms with van der Waals surface area (Å²) in [5.74, 6) is -1.14. The lowest BCUT2D eigenvalue weighted by atomic mass is 10.2. The third-order valence-corrected chi connectivity index (χ3v) is 4.41. The zero-order chi connectivity index (χ0) is 20.4. The maximum atomic E-state index is 13.0. The number of fused-ring (bicyclic) bond motifs is 1. The van der Waals surface area contributed by atoms with Crippen molar-refractivity contribution in [3.05, 3.63) is 47.8 Å². The average Bonchev–Trinajstić information content (AvgIpc) is 3.36. The second-order valence-electron chi connectivity index (χ2n) is 6.55. The van der Waals surface area contributed by atoms with Gasteiger partial charge in [-0.15, -0.1) is 15.3 Å². The highest BCUT2D eigenvalue weighted by Gasteiger charge is 2.37. The predicted octanol–water partition coefficient (Wildman–Crippen LogP) is 2.87. The van der Waals surface area contributed by atoms with E-state index in [1.54, 1.807) is 18.2 Å². The number of nitrogens with one attached hydrogen (secondary N) is 2. The normalized spacial score (nSPS) is 16.9. The van der Waals surface area contributed by atoms with E-state index in [2.05, 4.69) is 25.9 Å². The van der Waals surface area contributed by atoms with Crippen LogP contribution in [0.15, 0.2) is 36.4 Å². The molecule has 152 valence electrons. The molecule has 1 aromatic carbocycles. The van der Waals surface area contributed by atoms with Crippen molar-refractivity contribution < 1.29 is 22.7 Å². The monoisotopic (exact) mass is 406 g/mol. The Labute approximate surface area is 163 Å². The molecule has 1 atom stereocenters. The summed E-state index contributed by atoms with van der Waals surface area (Å²) in [7, 11) is 0. The lowest BCUT2D eigenvalue weighted by Crippen LogP contribution is -2.26. The summed E-state index contributed by atoms with van der Waals surface area (Å²) < 4.78 is 44.9. The van der Waals surface area contributed by atoms with E-state index in [0.717, 1.165) is 12.0 Å². The van der Waals surface area contributed by atoms with Crippen LogP contribution in [-0.4, -0.2) is 38.4 Å². The molecule has 3 aromatic rings. The SMILES string of the molecule is O=C(Nc1cccc(CNc2ccc3nnc(C(F)(F)F)n3n2)c1)C1CCCO1. The number of hydrogen-bond donors (Lipinski definition) is 2. The van der Waals surface area contributed by atoms with E-state index in [9.17, 15) is 18.0 Å². The van der Waals surface area contributed by atoms with Crippen molar-refractivity contribution in [2.45, 2.75) is 31.7 Å². The molecule has 2 N–H and O–H groups in total. The van der Waals surface area contributed by atoms with Crippen molar-refractivity contribution in [1.82, 2.24) is 19.8 Å². The fourth-order valence-electron chi connectivity index (χ4n) is 3.02. The number of ether oxygens (including phenoxy) is 1. The average molecular weight is 406 g/mol. The molecule has 8 nitrogen and oxygen atoms in total. The molecule has 2 aromatic heterocycles. The van der Waals surface area contributed by atoms with E-state index >= 15 is 0 Å². The number of rotatable bonds is 5. The van der Waals surface area contributed by atoms with Crippen LogP contribution >= 0.6 is 0 Å². The first-order valence-electron chi connectivity index (χ1n) is 8.95. The molecular formula is C18H17F3N6O2. The molecule has 3 heterocycles. The number of alkyl halides is 3. The summed E-state index contributed by atoms with van der Waals surface area (Å²) in [6.45, 7) is 0.882. The molecule has 0 spiro atoms. The molecule has 11 heteroatoms. The first kappa shape index (κ1) is 19.1. The fraction of sp³-hybridized carbons (Fsp3) is 0.333. The van der Waals surface area contributed by atoms with Gasteiger partial charge in [0.15, 0.2) is 5.65 Å². The van der Waals surface area contributed by atoms with Crippen molar-refractivity contribution in [1.29, 1.82) is 0 Å². The van der Waals surface area contributed by atoms with Gasteiger partial charge in [-0.25, -0.2) is 0 Å². The van der Waals surface area contributed by atoms with Crippen LogP contribution in [0.3, 0.4) is 0 Å². The van der Waals surface area contributed by atoms with Crippen LogP contribution in [-0.2, 0) is 22.3 Å². The van der Waals surface area contributed by atoms with Gasteiger partial charge in [-0.2, -0.15) is 17.7 Å². The van der Waals surface area contributed by atoms with Gasteiger partial charge in [-0.05, 0) is 42.7 Å². The van der Waals surface area contributed by atoms with E-state index < -0.39 is 18.1 Å². The van der Waals surface area contributed by atoms with Crippen LogP contribution in [0.4, 0.5) is 24.7 Å². The van der Waals surface area contributed by atoms with Crippen molar-refractivity contribution in [3.63, 3.8) is 0 Å². The van der Waals surface area contributed by atoms with Crippen molar-refractivity contribution in [3.8, 4) is 0 Å². The minimum Gasteiger partial charge on any atom is -0.368 e. The number of hydrogen-bond acceptors (Lipinski definition) is 6. The number of anilines is 2. The molecular weight excluding hydrogens is 389 g/mol. The second-order valence-corrected chi connectivity index (χ2v) is 6.55. The van der Waals surface area contributed by atoms with Gasteiger partial charge < -0.3 is 15.4 Å². The van der Waals surface area contributed by atoms with Crippen LogP contribution in [0.5, 0.6) is 0 Å². The standard InChI is InChI=1S/C18H17F3N6O2/c19-18(20,21)17-25-24-15-7-6-14(26-27(15)17)22-10-11-3-1-4-12(9-11)23-16(28)13-5-2-8-29-13/h1,3-4,6-7,9,13H,2,5,8,10H2,(H,22,26)(H,23,28). The highest BCUT2D eigenvalue weighted by Crippen LogP contribution is 2.27. The number of halogens is 3. The summed E-state index contributed by atoms with van der Waals surface area (Å²) in [5, 5.41) is 16.3. The minimum atomic E-state index is -4.65. The molecule has 1 aliphatic heterocycles. The summed E-state index contributed by atoms with van der Waals surface area (Å²) in [6.07, 6.45) is -3.52. The fourth-order valence-corrected chi connectivity index (χ4v) is 3.02. The molecule has 1 fully saturated rings. The van der Waals surface area contributed by atoms with Gasteiger partial charge in [-0.3, -0.25) is 4.79 Å². The van der Waals surface area contributed by atoms with E-state index in [-0.39, 0.29) is 17.4 Å². The molecule has 0 radical (unpaired) electrons. The Bertz CT molecular complexity index is 1030. The number of carbonyl (C=O) groups is 1. The Morgan fingerprint density at radius 3 is 2.86 bits per heavy atom. The van der Waals surface area contributed by atoms with Crippen LogP contribution in [0, 0.1) is 0 Å². The van der Waals surface area contributed by atoms with E-state index in [4.69, 9.17) is 4.74 Å². The summed E-state index contributed by atoms with van der Waals surface area (Å²) in [4.78, 5) is 12.1. The molecule has 0 saturated carbocycles. The largest absolute Gasteiger partial charge is 0.453 e. The number of amides is 1. The van der Waals surface area contributed by atoms with E-state index in [1.165, 1.54) is 12.1 Å². The lowest BCUT2D eigenvalue weighted by molar-refractivity contribution is -0.146. The number of carbonyl (C=O) groups excluding carboxylic acids is 1. The van der Waals surface area contributed by atoms with Crippen molar-refractivity contribution in [2.75, 3.05) is 17.2 Å². The zero-order valence-corrected chi connectivity index (χ0v) is 15.1. The van der Waals surface area contributed by atoms with Gasteiger partial charge in [0.2, 0.25) is 0 Å². The lowest BCUT2D eigenvalue weighted by Gasteiger charge is -2.12. The third-order valence-electron chi connectivity index (χ3n) is 4.41. The minimum absolute atomic E-state index is 0.00159. The van der Waals surface area contributed by atoms with Crippen LogP contribution in [0.25, 0.3) is 5.65 Å². The first-order chi connectivity index (χ1) is 13.9. The second kappa shape index (κ2) is 7.66. The van der Waals surface area contributed by atoms with Gasteiger partial charge in [-0.1, -0.05) is 12.1 Å². The van der Waals surface area contributed by atoms with Gasteiger partial charge >= 0.3 is 6.18 Å². The molecule has 0 bridgehead atoms. The Morgan fingerprint density at radius 2 is 2.10 bits per heavy atom.